The van der Waals surface area contributed by atoms with E-state index in [-0.39, 0.29) is 6.09 Å². The van der Waals surface area contributed by atoms with Crippen LogP contribution in [0.2, 0.25) is 0 Å². The highest BCUT2D eigenvalue weighted by Crippen LogP contribution is 2.40. The zero-order valence-electron chi connectivity index (χ0n) is 21.0. The largest absolute Gasteiger partial charge is 0.489 e. The molecule has 2 aliphatic rings. The number of cyclic esters (lactones) is 1. The van der Waals surface area contributed by atoms with E-state index in [2.05, 4.69) is 15.3 Å². The van der Waals surface area contributed by atoms with Crippen molar-refractivity contribution < 1.29 is 19.1 Å². The summed E-state index contributed by atoms with van der Waals surface area (Å²) >= 11 is 1.74. The Kier molecular flexibility index (Phi) is 8.39. The summed E-state index contributed by atoms with van der Waals surface area (Å²) < 4.78 is 11.0. The maximum atomic E-state index is 11.7. The Hall–Kier alpha value is -3.93. The molecule has 4 N–H and O–H groups in total. The minimum Gasteiger partial charge on any atom is -0.489 e. The molecule has 196 valence electrons. The number of thiophene rings is 1. The number of aromatic nitrogens is 2. The average Bonchev–Trinajstić information content (AvgIpc) is 3.49. The van der Waals surface area contributed by atoms with Gasteiger partial charge in [-0.1, -0.05) is 0 Å². The maximum Gasteiger partial charge on any atom is 0.410 e. The predicted molar refractivity (Wildman–Crippen MR) is 144 cm³/mol. The number of hydrogen-bond donors (Lipinski definition) is 3. The molecule has 2 aromatic heterocycles. The van der Waals surface area contributed by atoms with Crippen LogP contribution < -0.4 is 15.8 Å². The van der Waals surface area contributed by atoms with Crippen molar-refractivity contribution in [3.8, 4) is 5.75 Å². The molecule has 0 unspecified atom stereocenters. The number of nitrogen functional groups attached to an aromatic ring is 1. The molecule has 0 atom stereocenters. The molecule has 1 saturated heterocycles. The SMILES string of the molecule is CN(C)C=O.N=Cc1cc(Nc2ncnc3sc4c(c23)CCCC4)c(OCCN2CCOC2=O)cc1N. The molecule has 37 heavy (non-hydrogen) atoms. The average molecular weight is 526 g/mol. The van der Waals surface area contributed by atoms with Crippen LogP contribution in [0.4, 0.5) is 22.0 Å². The minimum atomic E-state index is -0.323. The molecule has 1 fully saturated rings. The van der Waals surface area contributed by atoms with Crippen LogP contribution in [0.15, 0.2) is 18.5 Å². The summed E-state index contributed by atoms with van der Waals surface area (Å²) in [4.78, 5) is 35.5. The summed E-state index contributed by atoms with van der Waals surface area (Å²) in [5.41, 5.74) is 9.13. The number of carbonyl (C=O) groups excluding carboxylic acids is 2. The Morgan fingerprint density at radius 2 is 2.08 bits per heavy atom. The number of benzene rings is 1. The quantitative estimate of drug-likeness (QED) is 0.230. The van der Waals surface area contributed by atoms with Crippen LogP contribution >= 0.6 is 11.3 Å². The standard InChI is InChI=1S/C22H24N6O3S.C3H7NO/c23-11-13-9-16(17(10-15(13)24)30-7-5-28-6-8-31-22(28)29)27-20-19-14-3-1-2-4-18(14)32-21(19)26-12-25-20;1-4(2)3-5/h9-12,23H,1-8,24H2,(H,25,26,27);3H,1-2H3. The number of nitrogens with zero attached hydrogens (tertiary/aromatic N) is 4. The van der Waals surface area contributed by atoms with Crippen LogP contribution in [-0.4, -0.2) is 78.9 Å². The first-order chi connectivity index (χ1) is 17.9. The first-order valence-corrected chi connectivity index (χ1v) is 12.9. The van der Waals surface area contributed by atoms with Crippen molar-refractivity contribution in [3.05, 3.63) is 34.5 Å². The lowest BCUT2D eigenvalue weighted by Gasteiger charge is -2.18. The van der Waals surface area contributed by atoms with Gasteiger partial charge < -0.3 is 35.7 Å². The van der Waals surface area contributed by atoms with Crippen LogP contribution in [0.1, 0.15) is 28.8 Å². The number of hydrogen-bond acceptors (Lipinski definition) is 10. The highest BCUT2D eigenvalue weighted by atomic mass is 32.1. The van der Waals surface area contributed by atoms with E-state index in [0.717, 1.165) is 35.3 Å². The lowest BCUT2D eigenvalue weighted by Crippen LogP contribution is -2.29. The lowest BCUT2D eigenvalue weighted by molar-refractivity contribution is -0.115. The van der Waals surface area contributed by atoms with Crippen molar-refractivity contribution in [2.24, 2.45) is 0 Å². The lowest BCUT2D eigenvalue weighted by atomic mass is 9.97. The first-order valence-electron chi connectivity index (χ1n) is 12.0. The van der Waals surface area contributed by atoms with Crippen LogP contribution in [0.3, 0.4) is 0 Å². The molecule has 5 rings (SSSR count). The van der Waals surface area contributed by atoms with Gasteiger partial charge in [0.15, 0.2) is 0 Å². The zero-order valence-corrected chi connectivity index (χ0v) is 21.8. The van der Waals surface area contributed by atoms with Gasteiger partial charge in [0, 0.05) is 42.5 Å². The number of anilines is 3. The third-order valence-corrected chi connectivity index (χ3v) is 7.22. The highest BCUT2D eigenvalue weighted by molar-refractivity contribution is 7.19. The van der Waals surface area contributed by atoms with Crippen molar-refractivity contribution in [2.45, 2.75) is 25.7 Å². The van der Waals surface area contributed by atoms with Crippen molar-refractivity contribution in [2.75, 3.05) is 51.4 Å². The molecule has 0 spiro atoms. The van der Waals surface area contributed by atoms with Gasteiger partial charge in [0.25, 0.3) is 0 Å². The summed E-state index contributed by atoms with van der Waals surface area (Å²) in [5, 5.41) is 12.1. The summed E-state index contributed by atoms with van der Waals surface area (Å²) in [6.07, 6.45) is 7.70. The predicted octanol–water partition coefficient (Wildman–Crippen LogP) is 3.43. The third-order valence-electron chi connectivity index (χ3n) is 6.02. The van der Waals surface area contributed by atoms with Crippen LogP contribution in [0.25, 0.3) is 10.2 Å². The molecule has 11 nitrogen and oxygen atoms in total. The van der Waals surface area contributed by atoms with E-state index in [1.807, 2.05) is 0 Å². The van der Waals surface area contributed by atoms with Gasteiger partial charge in [-0.05, 0) is 37.3 Å². The van der Waals surface area contributed by atoms with Gasteiger partial charge in [0.05, 0.1) is 24.2 Å². The molecular weight excluding hydrogens is 494 g/mol. The fourth-order valence-electron chi connectivity index (χ4n) is 4.16. The second-order valence-corrected chi connectivity index (χ2v) is 9.96. The molecule has 12 heteroatoms. The fourth-order valence-corrected chi connectivity index (χ4v) is 5.39. The Labute approximate surface area is 219 Å². The van der Waals surface area contributed by atoms with Gasteiger partial charge in [-0.2, -0.15) is 0 Å². The Morgan fingerprint density at radius 3 is 2.78 bits per heavy atom. The van der Waals surface area contributed by atoms with Gasteiger partial charge in [-0.25, -0.2) is 14.8 Å². The summed E-state index contributed by atoms with van der Waals surface area (Å²) in [6.45, 7) is 1.67. The molecule has 3 heterocycles. The Morgan fingerprint density at radius 1 is 1.30 bits per heavy atom. The summed E-state index contributed by atoms with van der Waals surface area (Å²) in [6, 6.07) is 3.49. The van der Waals surface area contributed by atoms with Crippen LogP contribution in [-0.2, 0) is 22.4 Å². The number of amides is 2. The van der Waals surface area contributed by atoms with Crippen LogP contribution in [0.5, 0.6) is 5.75 Å². The van der Waals surface area contributed by atoms with Gasteiger partial charge in [-0.15, -0.1) is 11.3 Å². The topological polar surface area (TPSA) is 147 Å². The second kappa shape index (κ2) is 11.9. The molecular formula is C25H31N7O4S. The van der Waals surface area contributed by atoms with E-state index in [9.17, 15) is 9.59 Å². The molecule has 1 aliphatic carbocycles. The van der Waals surface area contributed by atoms with E-state index in [1.54, 1.807) is 48.8 Å². The van der Waals surface area contributed by atoms with E-state index >= 15 is 0 Å². The monoisotopic (exact) mass is 525 g/mol. The molecule has 0 bridgehead atoms. The summed E-state index contributed by atoms with van der Waals surface area (Å²) in [7, 11) is 3.38. The van der Waals surface area contributed by atoms with E-state index in [1.165, 1.54) is 34.4 Å². The van der Waals surface area contributed by atoms with E-state index < -0.39 is 0 Å². The molecule has 3 aromatic rings. The van der Waals surface area contributed by atoms with Crippen molar-refractivity contribution >= 4 is 57.5 Å². The minimum absolute atomic E-state index is 0.292. The number of nitrogens with two attached hydrogens (primary N) is 1. The molecule has 1 aliphatic heterocycles. The van der Waals surface area contributed by atoms with Crippen LogP contribution in [0, 0.1) is 5.41 Å². The third kappa shape index (κ3) is 6.08. The number of nitrogens with one attached hydrogen (secondary N) is 2. The molecule has 1 aromatic carbocycles. The molecule has 0 saturated carbocycles. The Balaban J connectivity index is 0.000000586. The highest BCUT2D eigenvalue weighted by Gasteiger charge is 2.23. The number of ether oxygens (including phenoxy) is 2. The first kappa shape index (κ1) is 26.1. The van der Waals surface area contributed by atoms with Gasteiger partial charge >= 0.3 is 6.09 Å². The summed E-state index contributed by atoms with van der Waals surface area (Å²) in [5.74, 6) is 1.26. The van der Waals surface area contributed by atoms with Crippen molar-refractivity contribution in [1.29, 1.82) is 5.41 Å². The number of fused-ring (bicyclic) bond motifs is 3. The molecule has 2 amide bonds. The number of rotatable bonds is 8. The maximum absolute atomic E-state index is 11.7. The number of carbonyl (C=O) groups is 2. The van der Waals surface area contributed by atoms with Crippen molar-refractivity contribution in [1.82, 2.24) is 19.8 Å². The zero-order chi connectivity index (χ0) is 26.4. The normalized spacial score (nSPS) is 14.3. The Bertz CT molecular complexity index is 1290. The van der Waals surface area contributed by atoms with Gasteiger partial charge in [0.1, 0.15) is 35.9 Å². The fraction of sp³-hybridized carbons (Fsp3) is 0.400. The van der Waals surface area contributed by atoms with Gasteiger partial charge in [0.2, 0.25) is 6.41 Å². The smallest absolute Gasteiger partial charge is 0.410 e. The van der Waals surface area contributed by atoms with E-state index in [0.29, 0.717) is 49.0 Å². The van der Waals surface area contributed by atoms with E-state index in [4.69, 9.17) is 20.6 Å². The molecule has 0 radical (unpaired) electrons. The number of aryl methyl sites for hydroxylation is 2. The van der Waals surface area contributed by atoms with Gasteiger partial charge in [-0.3, -0.25) is 4.79 Å². The second-order valence-electron chi connectivity index (χ2n) is 8.88. The van der Waals surface area contributed by atoms with Crippen molar-refractivity contribution in [3.63, 3.8) is 0 Å².